The molecule has 1 heterocycles. The average Bonchev–Trinajstić information content (AvgIpc) is 3.19. The van der Waals surface area contributed by atoms with Gasteiger partial charge in [0.25, 0.3) is 0 Å². The van der Waals surface area contributed by atoms with Crippen molar-refractivity contribution in [2.24, 2.45) is 5.92 Å². The van der Waals surface area contributed by atoms with Crippen molar-refractivity contribution in [2.75, 3.05) is 19.0 Å². The molecule has 1 aliphatic carbocycles. The number of carbonyl (C=O) groups is 1. The monoisotopic (exact) mass is 235 g/mol. The molecule has 0 amide bonds. The summed E-state index contributed by atoms with van der Waals surface area (Å²) in [6, 6.07) is 1.67. The fraction of sp³-hybridized carbons (Fsp3) is 0.583. The summed E-state index contributed by atoms with van der Waals surface area (Å²) in [6.07, 6.45) is 3.30. The summed E-state index contributed by atoms with van der Waals surface area (Å²) in [5.74, 6) is 0.846. The second-order valence-corrected chi connectivity index (χ2v) is 4.24. The Morgan fingerprint density at radius 2 is 2.29 bits per heavy atom. The van der Waals surface area contributed by atoms with Crippen LogP contribution in [-0.2, 0) is 11.2 Å². The number of ether oxygens (including phenoxy) is 1. The Balaban J connectivity index is 2.14. The highest BCUT2D eigenvalue weighted by atomic mass is 16.5. The normalized spacial score (nSPS) is 14.5. The minimum absolute atomic E-state index is 0.317. The topological polar surface area (TPSA) is 64.1 Å². The Morgan fingerprint density at radius 3 is 2.88 bits per heavy atom. The van der Waals surface area contributed by atoms with Crippen LogP contribution in [0.4, 0.5) is 5.95 Å². The number of methoxy groups -OCH3 is 1. The van der Waals surface area contributed by atoms with Crippen molar-refractivity contribution < 1.29 is 9.53 Å². The number of nitrogens with zero attached hydrogens (tertiary/aromatic N) is 2. The van der Waals surface area contributed by atoms with Gasteiger partial charge in [0.1, 0.15) is 0 Å². The van der Waals surface area contributed by atoms with Gasteiger partial charge < -0.3 is 10.1 Å². The lowest BCUT2D eigenvalue weighted by atomic mass is 10.3. The van der Waals surface area contributed by atoms with Gasteiger partial charge in [0, 0.05) is 12.2 Å². The summed E-state index contributed by atoms with van der Waals surface area (Å²) in [5.41, 5.74) is 1.16. The van der Waals surface area contributed by atoms with Crippen LogP contribution in [0.5, 0.6) is 0 Å². The first kappa shape index (κ1) is 11.8. The molecule has 5 nitrogen and oxygen atoms in total. The van der Waals surface area contributed by atoms with E-state index in [9.17, 15) is 4.79 Å². The summed E-state index contributed by atoms with van der Waals surface area (Å²) in [4.78, 5) is 19.9. The Hall–Kier alpha value is -1.65. The van der Waals surface area contributed by atoms with Crippen LogP contribution in [0.25, 0.3) is 0 Å². The second-order valence-electron chi connectivity index (χ2n) is 4.24. The molecule has 1 aliphatic rings. The number of carbonyl (C=O) groups excluding carboxylic acids is 1. The Bertz CT molecular complexity index is 416. The van der Waals surface area contributed by atoms with E-state index in [-0.39, 0.29) is 0 Å². The molecule has 1 N–H and O–H groups in total. The molecule has 1 aromatic rings. The van der Waals surface area contributed by atoms with E-state index in [1.54, 1.807) is 6.07 Å². The number of aromatic nitrogens is 2. The van der Waals surface area contributed by atoms with Gasteiger partial charge >= 0.3 is 5.97 Å². The first-order chi connectivity index (χ1) is 8.22. The molecular formula is C12H17N3O2. The van der Waals surface area contributed by atoms with E-state index in [1.165, 1.54) is 20.0 Å². The molecule has 17 heavy (non-hydrogen) atoms. The van der Waals surface area contributed by atoms with Crippen LogP contribution >= 0.6 is 0 Å². The van der Waals surface area contributed by atoms with E-state index >= 15 is 0 Å². The fourth-order valence-electron chi connectivity index (χ4n) is 1.52. The van der Waals surface area contributed by atoms with Crippen LogP contribution in [0, 0.1) is 5.92 Å². The largest absolute Gasteiger partial charge is 0.464 e. The molecule has 0 unspecified atom stereocenters. The Labute approximate surface area is 101 Å². The SMILES string of the molecule is CCc1cc(C(=O)OC)nc(NCC2CC2)n1. The number of rotatable bonds is 5. The maximum absolute atomic E-state index is 11.4. The van der Waals surface area contributed by atoms with Crippen LogP contribution in [0.2, 0.25) is 0 Å². The minimum Gasteiger partial charge on any atom is -0.464 e. The first-order valence-electron chi connectivity index (χ1n) is 5.93. The van der Waals surface area contributed by atoms with Crippen molar-refractivity contribution in [2.45, 2.75) is 26.2 Å². The molecule has 0 spiro atoms. The lowest BCUT2D eigenvalue weighted by molar-refractivity contribution is 0.0594. The summed E-state index contributed by atoms with van der Waals surface area (Å²) >= 11 is 0. The van der Waals surface area contributed by atoms with E-state index in [0.717, 1.165) is 24.6 Å². The van der Waals surface area contributed by atoms with Gasteiger partial charge in [-0.25, -0.2) is 14.8 Å². The average molecular weight is 235 g/mol. The molecule has 92 valence electrons. The Kier molecular flexibility index (Phi) is 3.56. The molecule has 1 fully saturated rings. The molecule has 0 radical (unpaired) electrons. The van der Waals surface area contributed by atoms with Gasteiger partial charge in [-0.3, -0.25) is 0 Å². The lowest BCUT2D eigenvalue weighted by Gasteiger charge is -2.07. The molecule has 0 atom stereocenters. The van der Waals surface area contributed by atoms with Gasteiger partial charge in [-0.1, -0.05) is 6.92 Å². The summed E-state index contributed by atoms with van der Waals surface area (Å²) in [5, 5.41) is 3.17. The zero-order valence-corrected chi connectivity index (χ0v) is 10.2. The van der Waals surface area contributed by atoms with Gasteiger partial charge in [0.15, 0.2) is 5.69 Å². The number of nitrogens with one attached hydrogen (secondary N) is 1. The summed E-state index contributed by atoms with van der Waals surface area (Å²) in [6.45, 7) is 2.88. The third-order valence-corrected chi connectivity index (χ3v) is 2.78. The van der Waals surface area contributed by atoms with E-state index in [4.69, 9.17) is 0 Å². The molecular weight excluding hydrogens is 218 g/mol. The number of esters is 1. The van der Waals surface area contributed by atoms with Crippen LogP contribution in [-0.4, -0.2) is 29.6 Å². The quantitative estimate of drug-likeness (QED) is 0.786. The highest BCUT2D eigenvalue weighted by Crippen LogP contribution is 2.28. The minimum atomic E-state index is -0.420. The van der Waals surface area contributed by atoms with Gasteiger partial charge in [0.2, 0.25) is 5.95 Å². The Morgan fingerprint density at radius 1 is 1.53 bits per heavy atom. The number of aryl methyl sites for hydroxylation is 1. The zero-order valence-electron chi connectivity index (χ0n) is 10.2. The number of anilines is 1. The third kappa shape index (κ3) is 3.15. The van der Waals surface area contributed by atoms with Crippen LogP contribution in [0.1, 0.15) is 35.9 Å². The van der Waals surface area contributed by atoms with Gasteiger partial charge in [-0.05, 0) is 31.2 Å². The van der Waals surface area contributed by atoms with Gasteiger partial charge in [0.05, 0.1) is 7.11 Å². The van der Waals surface area contributed by atoms with Crippen molar-refractivity contribution in [1.82, 2.24) is 9.97 Å². The molecule has 0 saturated heterocycles. The van der Waals surface area contributed by atoms with E-state index in [2.05, 4.69) is 20.0 Å². The van der Waals surface area contributed by atoms with Gasteiger partial charge in [-0.2, -0.15) is 0 Å². The highest BCUT2D eigenvalue weighted by molar-refractivity contribution is 5.87. The summed E-state index contributed by atoms with van der Waals surface area (Å²) in [7, 11) is 1.35. The fourth-order valence-corrected chi connectivity index (χ4v) is 1.52. The highest BCUT2D eigenvalue weighted by Gasteiger charge is 2.21. The molecule has 0 aromatic carbocycles. The van der Waals surface area contributed by atoms with Crippen LogP contribution in [0.3, 0.4) is 0 Å². The zero-order chi connectivity index (χ0) is 12.3. The molecule has 0 aliphatic heterocycles. The van der Waals surface area contributed by atoms with E-state index in [0.29, 0.717) is 11.6 Å². The van der Waals surface area contributed by atoms with Crippen molar-refractivity contribution in [3.63, 3.8) is 0 Å². The second kappa shape index (κ2) is 5.12. The molecule has 0 bridgehead atoms. The van der Waals surface area contributed by atoms with Crippen LogP contribution < -0.4 is 5.32 Å². The van der Waals surface area contributed by atoms with Gasteiger partial charge in [-0.15, -0.1) is 0 Å². The first-order valence-corrected chi connectivity index (χ1v) is 5.93. The number of hydrogen-bond donors (Lipinski definition) is 1. The van der Waals surface area contributed by atoms with Crippen molar-refractivity contribution >= 4 is 11.9 Å². The van der Waals surface area contributed by atoms with Crippen molar-refractivity contribution in [1.29, 1.82) is 0 Å². The molecule has 1 aromatic heterocycles. The standard InChI is InChI=1S/C12H17N3O2/c1-3-9-6-10(11(16)17-2)15-12(14-9)13-7-8-4-5-8/h6,8H,3-5,7H2,1-2H3,(H,13,14,15). The third-order valence-electron chi connectivity index (χ3n) is 2.78. The van der Waals surface area contributed by atoms with Crippen molar-refractivity contribution in [3.05, 3.63) is 17.5 Å². The molecule has 2 rings (SSSR count). The van der Waals surface area contributed by atoms with Crippen molar-refractivity contribution in [3.8, 4) is 0 Å². The molecule has 5 heteroatoms. The molecule has 1 saturated carbocycles. The summed E-state index contributed by atoms with van der Waals surface area (Å²) < 4.78 is 4.67. The number of hydrogen-bond acceptors (Lipinski definition) is 5. The smallest absolute Gasteiger partial charge is 0.356 e. The van der Waals surface area contributed by atoms with Crippen LogP contribution in [0.15, 0.2) is 6.07 Å². The van der Waals surface area contributed by atoms with E-state index in [1.807, 2.05) is 6.92 Å². The lowest BCUT2D eigenvalue weighted by Crippen LogP contribution is -2.12. The predicted octanol–water partition coefficient (Wildman–Crippen LogP) is 1.65. The maximum atomic E-state index is 11.4. The predicted molar refractivity (Wildman–Crippen MR) is 64.0 cm³/mol. The maximum Gasteiger partial charge on any atom is 0.356 e. The van der Waals surface area contributed by atoms with E-state index < -0.39 is 5.97 Å².